The molecule has 0 spiro atoms. The monoisotopic (exact) mass is 351 g/mol. The first-order chi connectivity index (χ1) is 11.6. The molecule has 2 aromatic rings. The fourth-order valence-corrected chi connectivity index (χ4v) is 3.17. The molecule has 0 radical (unpaired) electrons. The fraction of sp³-hybridized carbons (Fsp3) is 0.412. The van der Waals surface area contributed by atoms with Crippen LogP contribution in [0.5, 0.6) is 0 Å². The second-order valence-corrected chi connectivity index (χ2v) is 6.41. The van der Waals surface area contributed by atoms with Crippen LogP contribution in [0.3, 0.4) is 0 Å². The van der Waals surface area contributed by atoms with E-state index in [0.717, 1.165) is 22.8 Å². The number of rotatable bonds is 9. The molecule has 0 atom stereocenters. The van der Waals surface area contributed by atoms with Gasteiger partial charge in [-0.25, -0.2) is 9.37 Å². The van der Waals surface area contributed by atoms with Gasteiger partial charge in [-0.1, -0.05) is 12.1 Å². The van der Waals surface area contributed by atoms with Crippen LogP contribution < -0.4 is 10.6 Å². The maximum absolute atomic E-state index is 12.9. The lowest BCUT2D eigenvalue weighted by Crippen LogP contribution is -2.33. The lowest BCUT2D eigenvalue weighted by Gasteiger charge is -2.05. The van der Waals surface area contributed by atoms with Crippen molar-refractivity contribution in [2.75, 3.05) is 33.4 Å². The number of hydrogen-bond donors (Lipinski definition) is 2. The van der Waals surface area contributed by atoms with Gasteiger partial charge >= 0.3 is 0 Å². The van der Waals surface area contributed by atoms with Gasteiger partial charge in [-0.3, -0.25) is 4.79 Å². The Morgan fingerprint density at radius 3 is 2.71 bits per heavy atom. The van der Waals surface area contributed by atoms with Crippen LogP contribution in [0.1, 0.15) is 25.9 Å². The predicted octanol–water partition coefficient (Wildman–Crippen LogP) is 2.15. The van der Waals surface area contributed by atoms with Crippen LogP contribution in [-0.4, -0.2) is 44.2 Å². The molecule has 0 saturated carbocycles. The fourth-order valence-electron chi connectivity index (χ4n) is 2.16. The Kier molecular flexibility index (Phi) is 7.30. The number of benzene rings is 1. The Hall–Kier alpha value is -1.83. The van der Waals surface area contributed by atoms with Gasteiger partial charge in [0.05, 0.1) is 17.3 Å². The molecule has 7 heteroatoms. The van der Waals surface area contributed by atoms with E-state index in [4.69, 9.17) is 4.74 Å². The minimum atomic E-state index is -0.256. The number of ether oxygens (including phenoxy) is 1. The van der Waals surface area contributed by atoms with Crippen molar-refractivity contribution in [3.63, 3.8) is 0 Å². The van der Waals surface area contributed by atoms with E-state index in [2.05, 4.69) is 15.6 Å². The normalized spacial score (nSPS) is 10.8. The number of halogens is 1. The Morgan fingerprint density at radius 1 is 1.25 bits per heavy atom. The number of carbonyl (C=O) groups excluding carboxylic acids is 1. The van der Waals surface area contributed by atoms with E-state index >= 15 is 0 Å². The van der Waals surface area contributed by atoms with Crippen molar-refractivity contribution >= 4 is 17.2 Å². The number of carbonyl (C=O) groups is 1. The second-order valence-electron chi connectivity index (χ2n) is 5.32. The molecule has 1 aromatic heterocycles. The van der Waals surface area contributed by atoms with Crippen LogP contribution in [0.15, 0.2) is 24.3 Å². The maximum atomic E-state index is 12.9. The molecule has 2 rings (SSSR count). The molecular formula is C17H22FN3O2S. The summed E-state index contributed by atoms with van der Waals surface area (Å²) >= 11 is 1.38. The van der Waals surface area contributed by atoms with Crippen molar-refractivity contribution in [2.24, 2.45) is 0 Å². The minimum absolute atomic E-state index is 0.108. The van der Waals surface area contributed by atoms with Crippen LogP contribution in [0.25, 0.3) is 0 Å². The highest BCUT2D eigenvalue weighted by Gasteiger charge is 2.15. The first-order valence-electron chi connectivity index (χ1n) is 7.78. The molecule has 1 amide bonds. The van der Waals surface area contributed by atoms with Crippen molar-refractivity contribution in [1.29, 1.82) is 0 Å². The van der Waals surface area contributed by atoms with E-state index in [1.165, 1.54) is 23.5 Å². The first kappa shape index (κ1) is 18.5. The molecular weight excluding hydrogens is 329 g/mol. The SMILES string of the molecule is COCCNCCNC(=O)c1sc(Cc2ccc(F)cc2)nc1C. The van der Waals surface area contributed by atoms with Crippen molar-refractivity contribution < 1.29 is 13.9 Å². The average Bonchev–Trinajstić information content (AvgIpc) is 2.93. The largest absolute Gasteiger partial charge is 0.383 e. The third-order valence-electron chi connectivity index (χ3n) is 3.39. The van der Waals surface area contributed by atoms with Crippen molar-refractivity contribution in [3.05, 3.63) is 51.2 Å². The standard InChI is InChI=1S/C17H22FN3O2S/c1-12-16(17(22)20-8-7-19-9-10-23-2)24-15(21-12)11-13-3-5-14(18)6-4-13/h3-6,19H,7-11H2,1-2H3,(H,20,22). The van der Waals surface area contributed by atoms with E-state index in [9.17, 15) is 9.18 Å². The van der Waals surface area contributed by atoms with Crippen molar-refractivity contribution in [3.8, 4) is 0 Å². The zero-order chi connectivity index (χ0) is 17.4. The van der Waals surface area contributed by atoms with Gasteiger partial charge in [-0.2, -0.15) is 0 Å². The van der Waals surface area contributed by atoms with E-state index in [0.29, 0.717) is 31.0 Å². The molecule has 130 valence electrons. The lowest BCUT2D eigenvalue weighted by molar-refractivity contribution is 0.0957. The molecule has 24 heavy (non-hydrogen) atoms. The van der Waals surface area contributed by atoms with Crippen molar-refractivity contribution in [1.82, 2.24) is 15.6 Å². The van der Waals surface area contributed by atoms with Gasteiger partial charge in [0.2, 0.25) is 0 Å². The maximum Gasteiger partial charge on any atom is 0.263 e. The Bertz CT molecular complexity index is 658. The number of thiazole rings is 1. The Balaban J connectivity index is 1.86. The van der Waals surface area contributed by atoms with Gasteiger partial charge in [-0.15, -0.1) is 11.3 Å². The highest BCUT2D eigenvalue weighted by molar-refractivity contribution is 7.13. The van der Waals surface area contributed by atoms with Gasteiger partial charge in [0.1, 0.15) is 10.7 Å². The van der Waals surface area contributed by atoms with E-state index < -0.39 is 0 Å². The number of nitrogens with zero attached hydrogens (tertiary/aromatic N) is 1. The van der Waals surface area contributed by atoms with Crippen LogP contribution in [0.2, 0.25) is 0 Å². The zero-order valence-corrected chi connectivity index (χ0v) is 14.7. The van der Waals surface area contributed by atoms with E-state index in [-0.39, 0.29) is 11.7 Å². The lowest BCUT2D eigenvalue weighted by atomic mass is 10.1. The smallest absolute Gasteiger partial charge is 0.263 e. The molecule has 0 saturated heterocycles. The molecule has 0 aliphatic heterocycles. The summed E-state index contributed by atoms with van der Waals surface area (Å²) in [4.78, 5) is 17.3. The van der Waals surface area contributed by atoms with Gasteiger partial charge in [0.25, 0.3) is 5.91 Å². The van der Waals surface area contributed by atoms with Crippen LogP contribution >= 0.6 is 11.3 Å². The third kappa shape index (κ3) is 5.67. The molecule has 0 bridgehead atoms. The van der Waals surface area contributed by atoms with Gasteiger partial charge < -0.3 is 15.4 Å². The number of nitrogens with one attached hydrogen (secondary N) is 2. The van der Waals surface area contributed by atoms with Crippen LogP contribution in [0, 0.1) is 12.7 Å². The minimum Gasteiger partial charge on any atom is -0.383 e. The molecule has 0 aliphatic carbocycles. The average molecular weight is 351 g/mol. The molecule has 5 nitrogen and oxygen atoms in total. The highest BCUT2D eigenvalue weighted by atomic mass is 32.1. The summed E-state index contributed by atoms with van der Waals surface area (Å²) < 4.78 is 17.9. The summed E-state index contributed by atoms with van der Waals surface area (Å²) in [5.41, 5.74) is 1.70. The van der Waals surface area contributed by atoms with Gasteiger partial charge in [0.15, 0.2) is 0 Å². The molecule has 1 aromatic carbocycles. The summed E-state index contributed by atoms with van der Waals surface area (Å²) in [5.74, 6) is -0.364. The summed E-state index contributed by atoms with van der Waals surface area (Å²) in [6.07, 6.45) is 0.595. The van der Waals surface area contributed by atoms with Crippen LogP contribution in [-0.2, 0) is 11.2 Å². The number of amides is 1. The Labute approximate surface area is 145 Å². The molecule has 1 heterocycles. The number of aromatic nitrogens is 1. The predicted molar refractivity (Wildman–Crippen MR) is 93.1 cm³/mol. The summed E-state index contributed by atoms with van der Waals surface area (Å²) in [6, 6.07) is 6.33. The Morgan fingerprint density at radius 2 is 2.00 bits per heavy atom. The molecule has 2 N–H and O–H groups in total. The zero-order valence-electron chi connectivity index (χ0n) is 13.9. The van der Waals surface area contributed by atoms with Gasteiger partial charge in [-0.05, 0) is 24.6 Å². The quantitative estimate of drug-likeness (QED) is 0.680. The summed E-state index contributed by atoms with van der Waals surface area (Å²) in [6.45, 7) is 4.47. The van der Waals surface area contributed by atoms with Crippen molar-refractivity contribution in [2.45, 2.75) is 13.3 Å². The topological polar surface area (TPSA) is 63.2 Å². The van der Waals surface area contributed by atoms with Gasteiger partial charge in [0, 0.05) is 33.2 Å². The highest BCUT2D eigenvalue weighted by Crippen LogP contribution is 2.21. The molecule has 0 aliphatic rings. The van der Waals surface area contributed by atoms with Crippen LogP contribution in [0.4, 0.5) is 4.39 Å². The second kappa shape index (κ2) is 9.46. The van der Waals surface area contributed by atoms with E-state index in [1.54, 1.807) is 19.2 Å². The summed E-state index contributed by atoms with van der Waals surface area (Å²) in [5, 5.41) is 6.90. The molecule has 0 fully saturated rings. The number of methoxy groups -OCH3 is 1. The third-order valence-corrected chi connectivity index (χ3v) is 4.54. The number of hydrogen-bond acceptors (Lipinski definition) is 5. The summed E-state index contributed by atoms with van der Waals surface area (Å²) in [7, 11) is 1.65. The first-order valence-corrected chi connectivity index (χ1v) is 8.60. The van der Waals surface area contributed by atoms with E-state index in [1.807, 2.05) is 6.92 Å². The number of aryl methyl sites for hydroxylation is 1. The molecule has 0 unspecified atom stereocenters.